The number of hydrogen-bond acceptors (Lipinski definition) is 2. The highest BCUT2D eigenvalue weighted by molar-refractivity contribution is 5.39. The summed E-state index contributed by atoms with van der Waals surface area (Å²) in [5.41, 5.74) is 2.60. The molecule has 0 aliphatic heterocycles. The monoisotopic (exact) mass is 221 g/mol. The minimum absolute atomic E-state index is 0.502. The van der Waals surface area contributed by atoms with Crippen molar-refractivity contribution >= 4 is 0 Å². The molecule has 0 aliphatic rings. The van der Waals surface area contributed by atoms with E-state index >= 15 is 0 Å². The van der Waals surface area contributed by atoms with Crippen molar-refractivity contribution < 1.29 is 4.74 Å². The summed E-state index contributed by atoms with van der Waals surface area (Å²) in [6.45, 7) is 7.68. The first-order valence-corrected chi connectivity index (χ1v) is 5.89. The Bertz CT molecular complexity index is 336. The van der Waals surface area contributed by atoms with Crippen LogP contribution < -0.4 is 10.1 Å². The number of hydrogen-bond donors (Lipinski definition) is 1. The number of benzene rings is 1. The van der Waals surface area contributed by atoms with Crippen LogP contribution in [0, 0.1) is 12.8 Å². The van der Waals surface area contributed by atoms with Crippen molar-refractivity contribution in [1.82, 2.24) is 5.32 Å². The number of rotatable bonds is 5. The SMILES string of the molecule is CNCC(C)C(C)c1cc(C)ccc1OC. The molecule has 2 nitrogen and oxygen atoms in total. The lowest BCUT2D eigenvalue weighted by atomic mass is 9.87. The van der Waals surface area contributed by atoms with Crippen LogP contribution >= 0.6 is 0 Å². The second-order valence-corrected chi connectivity index (χ2v) is 4.57. The third kappa shape index (κ3) is 2.99. The molecule has 1 rings (SSSR count). The van der Waals surface area contributed by atoms with E-state index in [1.54, 1.807) is 7.11 Å². The fraction of sp³-hybridized carbons (Fsp3) is 0.571. The van der Waals surface area contributed by atoms with E-state index in [1.165, 1.54) is 11.1 Å². The van der Waals surface area contributed by atoms with E-state index in [2.05, 4.69) is 44.3 Å². The maximum atomic E-state index is 5.43. The lowest BCUT2D eigenvalue weighted by Crippen LogP contribution is -2.21. The Morgan fingerprint density at radius 3 is 2.56 bits per heavy atom. The molecule has 0 aromatic heterocycles. The molecule has 0 spiro atoms. The zero-order valence-corrected chi connectivity index (χ0v) is 11.0. The number of aryl methyl sites for hydroxylation is 1. The molecule has 1 aromatic carbocycles. The van der Waals surface area contributed by atoms with E-state index in [-0.39, 0.29) is 0 Å². The first-order chi connectivity index (χ1) is 7.60. The predicted octanol–water partition coefficient (Wildman–Crippen LogP) is 2.96. The number of nitrogens with one attached hydrogen (secondary N) is 1. The zero-order chi connectivity index (χ0) is 12.1. The van der Waals surface area contributed by atoms with E-state index in [1.807, 2.05) is 7.05 Å². The van der Waals surface area contributed by atoms with Crippen molar-refractivity contribution in [3.05, 3.63) is 29.3 Å². The molecular weight excluding hydrogens is 198 g/mol. The molecule has 0 bridgehead atoms. The fourth-order valence-corrected chi connectivity index (χ4v) is 2.01. The van der Waals surface area contributed by atoms with Crippen molar-refractivity contribution in [2.75, 3.05) is 20.7 Å². The van der Waals surface area contributed by atoms with Gasteiger partial charge in [0.1, 0.15) is 5.75 Å². The van der Waals surface area contributed by atoms with Gasteiger partial charge in [-0.2, -0.15) is 0 Å². The van der Waals surface area contributed by atoms with Gasteiger partial charge >= 0.3 is 0 Å². The van der Waals surface area contributed by atoms with Crippen LogP contribution in [-0.4, -0.2) is 20.7 Å². The summed E-state index contributed by atoms with van der Waals surface area (Å²) < 4.78 is 5.43. The lowest BCUT2D eigenvalue weighted by molar-refractivity contribution is 0.392. The van der Waals surface area contributed by atoms with Gasteiger partial charge in [0, 0.05) is 0 Å². The maximum absolute atomic E-state index is 5.43. The lowest BCUT2D eigenvalue weighted by Gasteiger charge is -2.22. The summed E-state index contributed by atoms with van der Waals surface area (Å²) in [6, 6.07) is 6.39. The molecule has 0 aliphatic carbocycles. The van der Waals surface area contributed by atoms with Gasteiger partial charge in [0.2, 0.25) is 0 Å². The van der Waals surface area contributed by atoms with Crippen LogP contribution in [0.2, 0.25) is 0 Å². The second-order valence-electron chi connectivity index (χ2n) is 4.57. The van der Waals surface area contributed by atoms with Gasteiger partial charge in [0.25, 0.3) is 0 Å². The number of methoxy groups -OCH3 is 1. The van der Waals surface area contributed by atoms with Gasteiger partial charge in [0.05, 0.1) is 7.11 Å². The molecule has 2 atom stereocenters. The third-order valence-electron chi connectivity index (χ3n) is 3.26. The topological polar surface area (TPSA) is 21.3 Å². The van der Waals surface area contributed by atoms with Crippen LogP contribution in [0.25, 0.3) is 0 Å². The highest BCUT2D eigenvalue weighted by Crippen LogP contribution is 2.32. The molecular formula is C14H23NO. The van der Waals surface area contributed by atoms with Crippen LogP contribution in [0.1, 0.15) is 30.9 Å². The van der Waals surface area contributed by atoms with Gasteiger partial charge in [-0.15, -0.1) is 0 Å². The van der Waals surface area contributed by atoms with Gasteiger partial charge < -0.3 is 10.1 Å². The molecule has 1 aromatic rings. The average Bonchev–Trinajstić information content (AvgIpc) is 2.28. The Morgan fingerprint density at radius 2 is 2.00 bits per heavy atom. The Labute approximate surface area is 99.0 Å². The summed E-state index contributed by atoms with van der Waals surface area (Å²) in [5.74, 6) is 2.10. The minimum atomic E-state index is 0.502. The van der Waals surface area contributed by atoms with Crippen molar-refractivity contribution in [3.63, 3.8) is 0 Å². The van der Waals surface area contributed by atoms with Gasteiger partial charge in [0.15, 0.2) is 0 Å². The van der Waals surface area contributed by atoms with Crippen molar-refractivity contribution in [2.24, 2.45) is 5.92 Å². The van der Waals surface area contributed by atoms with Crippen LogP contribution in [-0.2, 0) is 0 Å². The Hall–Kier alpha value is -1.02. The van der Waals surface area contributed by atoms with Gasteiger partial charge in [-0.3, -0.25) is 0 Å². The smallest absolute Gasteiger partial charge is 0.122 e. The van der Waals surface area contributed by atoms with Gasteiger partial charge in [-0.25, -0.2) is 0 Å². The molecule has 16 heavy (non-hydrogen) atoms. The van der Waals surface area contributed by atoms with Gasteiger partial charge in [-0.05, 0) is 44.0 Å². The van der Waals surface area contributed by atoms with Crippen LogP contribution in [0.3, 0.4) is 0 Å². The summed E-state index contributed by atoms with van der Waals surface area (Å²) >= 11 is 0. The standard InChI is InChI=1S/C14H23NO/c1-10-6-7-14(16-5)13(8-10)12(3)11(2)9-15-4/h6-8,11-12,15H,9H2,1-5H3. The molecule has 0 heterocycles. The Kier molecular flexibility index (Phi) is 4.81. The predicted molar refractivity (Wildman–Crippen MR) is 69.2 cm³/mol. The molecule has 0 fully saturated rings. The normalized spacial score (nSPS) is 14.6. The first-order valence-electron chi connectivity index (χ1n) is 5.89. The highest BCUT2D eigenvalue weighted by Gasteiger charge is 2.17. The summed E-state index contributed by atoms with van der Waals surface area (Å²) in [4.78, 5) is 0. The molecule has 2 heteroatoms. The molecule has 2 unspecified atom stereocenters. The van der Waals surface area contributed by atoms with E-state index in [0.29, 0.717) is 11.8 Å². The van der Waals surface area contributed by atoms with E-state index in [4.69, 9.17) is 4.74 Å². The molecule has 0 amide bonds. The Morgan fingerprint density at radius 1 is 1.31 bits per heavy atom. The third-order valence-corrected chi connectivity index (χ3v) is 3.26. The summed E-state index contributed by atoms with van der Waals surface area (Å²) in [7, 11) is 3.74. The Balaban J connectivity index is 2.96. The fourth-order valence-electron chi connectivity index (χ4n) is 2.01. The van der Waals surface area contributed by atoms with E-state index < -0.39 is 0 Å². The zero-order valence-electron chi connectivity index (χ0n) is 11.0. The van der Waals surface area contributed by atoms with E-state index in [9.17, 15) is 0 Å². The van der Waals surface area contributed by atoms with Gasteiger partial charge in [-0.1, -0.05) is 31.5 Å². The largest absolute Gasteiger partial charge is 0.496 e. The quantitative estimate of drug-likeness (QED) is 0.825. The average molecular weight is 221 g/mol. The molecule has 1 N–H and O–H groups in total. The summed E-state index contributed by atoms with van der Waals surface area (Å²) in [5, 5.41) is 3.23. The molecule has 0 saturated carbocycles. The highest BCUT2D eigenvalue weighted by atomic mass is 16.5. The van der Waals surface area contributed by atoms with Crippen LogP contribution in [0.4, 0.5) is 0 Å². The van der Waals surface area contributed by atoms with Crippen LogP contribution in [0.5, 0.6) is 5.75 Å². The van der Waals surface area contributed by atoms with Crippen molar-refractivity contribution in [1.29, 1.82) is 0 Å². The molecule has 0 saturated heterocycles. The van der Waals surface area contributed by atoms with E-state index in [0.717, 1.165) is 12.3 Å². The summed E-state index contributed by atoms with van der Waals surface area (Å²) in [6.07, 6.45) is 0. The van der Waals surface area contributed by atoms with Crippen molar-refractivity contribution in [3.8, 4) is 5.75 Å². The first kappa shape index (κ1) is 13.0. The van der Waals surface area contributed by atoms with Crippen molar-refractivity contribution in [2.45, 2.75) is 26.7 Å². The maximum Gasteiger partial charge on any atom is 0.122 e. The second kappa shape index (κ2) is 5.90. The minimum Gasteiger partial charge on any atom is -0.496 e. The molecule has 90 valence electrons. The van der Waals surface area contributed by atoms with Crippen LogP contribution in [0.15, 0.2) is 18.2 Å². The number of ether oxygens (including phenoxy) is 1. The molecule has 0 radical (unpaired) electrons.